The van der Waals surface area contributed by atoms with Gasteiger partial charge in [-0.1, -0.05) is 48.5 Å². The predicted octanol–water partition coefficient (Wildman–Crippen LogP) is 1.09. The van der Waals surface area contributed by atoms with Gasteiger partial charge in [-0.15, -0.1) is 0 Å². The molecule has 0 bridgehead atoms. The SMILES string of the molecule is CC.CC.CC.CC[N-]C.[Rb+]. The van der Waals surface area contributed by atoms with Crippen molar-refractivity contribution in [3.63, 3.8) is 0 Å². The summed E-state index contributed by atoms with van der Waals surface area (Å²) in [5, 5.41) is 3.74. The van der Waals surface area contributed by atoms with Crippen LogP contribution in [0.5, 0.6) is 0 Å². The molecule has 0 spiro atoms. The Labute approximate surface area is 124 Å². The molecule has 0 heterocycles. The molecule has 2 heteroatoms. The van der Waals surface area contributed by atoms with Gasteiger partial charge < -0.3 is 5.32 Å². The standard InChI is InChI=1S/C3H8N.3C2H6.Rb/c1-3-4-2;3*1-2;/h3H2,1-2H3;3*1-2H3;/q-1;;;;+1. The topological polar surface area (TPSA) is 14.1 Å². The van der Waals surface area contributed by atoms with Crippen LogP contribution >= 0.6 is 0 Å². The van der Waals surface area contributed by atoms with Crippen LogP contribution in [-0.4, -0.2) is 13.6 Å². The summed E-state index contributed by atoms with van der Waals surface area (Å²) in [7, 11) is 1.81. The zero-order valence-electron chi connectivity index (χ0n) is 10.2. The third-order valence-electron chi connectivity index (χ3n) is 0.316. The first-order valence-electron chi connectivity index (χ1n) is 4.47. The monoisotopic (exact) mass is 233 g/mol. The Balaban J connectivity index is -0.0000000152. The van der Waals surface area contributed by atoms with E-state index < -0.39 is 0 Å². The second-order valence-electron chi connectivity index (χ2n) is 0.632. The number of rotatable bonds is 1. The number of hydrogen-bond donors (Lipinski definition) is 0. The van der Waals surface area contributed by atoms with E-state index in [1.165, 1.54) is 0 Å². The van der Waals surface area contributed by atoms with Crippen LogP contribution in [0.1, 0.15) is 48.5 Å². The molecule has 0 aliphatic rings. The fourth-order valence-electron chi connectivity index (χ4n) is 0. The third-order valence-corrected chi connectivity index (χ3v) is 0.316. The maximum atomic E-state index is 3.74. The van der Waals surface area contributed by atoms with Gasteiger partial charge in [-0.25, -0.2) is 0 Å². The fraction of sp³-hybridized carbons (Fsp3) is 1.00. The molecule has 11 heavy (non-hydrogen) atoms. The van der Waals surface area contributed by atoms with Crippen LogP contribution in [0.15, 0.2) is 0 Å². The van der Waals surface area contributed by atoms with Gasteiger partial charge in [-0.3, -0.25) is 0 Å². The van der Waals surface area contributed by atoms with E-state index >= 15 is 0 Å². The van der Waals surface area contributed by atoms with E-state index in [9.17, 15) is 0 Å². The predicted molar refractivity (Wildman–Crippen MR) is 53.9 cm³/mol. The van der Waals surface area contributed by atoms with Crippen molar-refractivity contribution in [2.75, 3.05) is 13.6 Å². The summed E-state index contributed by atoms with van der Waals surface area (Å²) in [5.41, 5.74) is 0. The largest absolute Gasteiger partial charge is 1.00 e. The maximum Gasteiger partial charge on any atom is 1.00 e. The zero-order chi connectivity index (χ0) is 9.41. The normalized spacial score (nSPS) is 4.36. The van der Waals surface area contributed by atoms with Gasteiger partial charge in [-0.05, 0) is 0 Å². The van der Waals surface area contributed by atoms with Gasteiger partial charge in [0.05, 0.1) is 0 Å². The second-order valence-corrected chi connectivity index (χ2v) is 0.632. The molecular weight excluding hydrogens is 208 g/mol. The molecule has 0 saturated carbocycles. The number of hydrogen-bond acceptors (Lipinski definition) is 0. The van der Waals surface area contributed by atoms with Gasteiger partial charge >= 0.3 is 58.2 Å². The molecule has 68 valence electrons. The van der Waals surface area contributed by atoms with E-state index in [2.05, 4.69) is 5.32 Å². The smallest absolute Gasteiger partial charge is 0.665 e. The maximum absolute atomic E-state index is 3.74. The molecule has 0 saturated heterocycles. The molecule has 1 nitrogen and oxygen atoms in total. The van der Waals surface area contributed by atoms with Gasteiger partial charge in [0, 0.05) is 0 Å². The summed E-state index contributed by atoms with van der Waals surface area (Å²) < 4.78 is 0. The van der Waals surface area contributed by atoms with Crippen LogP contribution in [0.3, 0.4) is 0 Å². The van der Waals surface area contributed by atoms with Gasteiger partial charge in [-0.2, -0.15) is 13.6 Å². The van der Waals surface area contributed by atoms with Crippen molar-refractivity contribution < 1.29 is 58.2 Å². The summed E-state index contributed by atoms with van der Waals surface area (Å²) in [6.07, 6.45) is 0. The average Bonchev–Trinajstić information content (AvgIpc) is 2.14. The Bertz CT molecular complexity index is 11.5. The minimum absolute atomic E-state index is 0. The van der Waals surface area contributed by atoms with E-state index in [0.717, 1.165) is 6.54 Å². The van der Waals surface area contributed by atoms with Crippen molar-refractivity contribution in [2.45, 2.75) is 48.5 Å². The molecule has 0 radical (unpaired) electrons. The van der Waals surface area contributed by atoms with Crippen molar-refractivity contribution in [1.29, 1.82) is 0 Å². The molecule has 0 aliphatic heterocycles. The molecule has 0 N–H and O–H groups in total. The number of nitrogens with zero attached hydrogens (tertiary/aromatic N) is 1. The van der Waals surface area contributed by atoms with Crippen LogP contribution in [0.2, 0.25) is 0 Å². The first-order valence-corrected chi connectivity index (χ1v) is 4.47. The van der Waals surface area contributed by atoms with E-state index in [0.29, 0.717) is 0 Å². The molecule has 0 atom stereocenters. The summed E-state index contributed by atoms with van der Waals surface area (Å²) in [5.74, 6) is 0. The Morgan fingerprint density at radius 3 is 0.909 bits per heavy atom. The van der Waals surface area contributed by atoms with Crippen LogP contribution in [0, 0.1) is 0 Å². The summed E-state index contributed by atoms with van der Waals surface area (Å²) in [4.78, 5) is 0. The van der Waals surface area contributed by atoms with Crippen molar-refractivity contribution in [1.82, 2.24) is 0 Å². The van der Waals surface area contributed by atoms with Gasteiger partial charge in [0.2, 0.25) is 0 Å². The molecule has 0 aromatic heterocycles. The Morgan fingerprint density at radius 1 is 0.818 bits per heavy atom. The van der Waals surface area contributed by atoms with Gasteiger partial charge in [0.15, 0.2) is 0 Å². The Kier molecular flexibility index (Phi) is 256. The van der Waals surface area contributed by atoms with E-state index in [1.54, 1.807) is 7.05 Å². The average molecular weight is 234 g/mol. The summed E-state index contributed by atoms with van der Waals surface area (Å²) in [6, 6.07) is 0. The summed E-state index contributed by atoms with van der Waals surface area (Å²) >= 11 is 0. The van der Waals surface area contributed by atoms with Crippen LogP contribution in [0.25, 0.3) is 5.32 Å². The molecular formula is C9H26NRb. The zero-order valence-corrected chi connectivity index (χ0v) is 15.1. The molecule has 0 aromatic rings. The van der Waals surface area contributed by atoms with Gasteiger partial charge in [0.1, 0.15) is 0 Å². The minimum atomic E-state index is 0. The van der Waals surface area contributed by atoms with Crippen molar-refractivity contribution in [3.05, 3.63) is 5.32 Å². The molecule has 0 fully saturated rings. The van der Waals surface area contributed by atoms with Gasteiger partial charge in [0.25, 0.3) is 0 Å². The minimum Gasteiger partial charge on any atom is -0.665 e. The van der Waals surface area contributed by atoms with E-state index in [4.69, 9.17) is 0 Å². The van der Waals surface area contributed by atoms with Crippen molar-refractivity contribution in [2.24, 2.45) is 0 Å². The van der Waals surface area contributed by atoms with Crippen molar-refractivity contribution >= 4 is 0 Å². The first kappa shape index (κ1) is 29.3. The van der Waals surface area contributed by atoms with Crippen LogP contribution in [-0.2, 0) is 0 Å². The third kappa shape index (κ3) is 147. The second kappa shape index (κ2) is 96.2. The molecule has 0 unspecified atom stereocenters. The quantitative estimate of drug-likeness (QED) is 0.644. The molecule has 0 aliphatic carbocycles. The van der Waals surface area contributed by atoms with E-state index in [-0.39, 0.29) is 58.2 Å². The summed E-state index contributed by atoms with van der Waals surface area (Å²) in [6.45, 7) is 15.0. The Hall–Kier alpha value is 1.77. The van der Waals surface area contributed by atoms with Crippen molar-refractivity contribution in [3.8, 4) is 0 Å². The Morgan fingerprint density at radius 2 is 0.909 bits per heavy atom. The fourth-order valence-corrected chi connectivity index (χ4v) is 0. The van der Waals surface area contributed by atoms with Crippen LogP contribution < -0.4 is 58.2 Å². The van der Waals surface area contributed by atoms with E-state index in [1.807, 2.05) is 48.5 Å². The molecule has 0 aromatic carbocycles. The molecule has 0 amide bonds. The molecule has 0 rings (SSSR count). The first-order chi connectivity index (χ1) is 4.91. The van der Waals surface area contributed by atoms with Crippen LogP contribution in [0.4, 0.5) is 0 Å².